The molecule has 6 heteroatoms. The smallest absolute Gasteiger partial charge is 0.343 e. The molecule has 0 aliphatic heterocycles. The lowest BCUT2D eigenvalue weighted by Gasteiger charge is -2.11. The Kier molecular flexibility index (Phi) is 8.05. The van der Waals surface area contributed by atoms with Gasteiger partial charge in [0.05, 0.1) is 12.2 Å². The first-order valence-electron chi connectivity index (χ1n) is 10.1. The highest BCUT2D eigenvalue weighted by Gasteiger charge is 2.17. The maximum Gasteiger partial charge on any atom is 0.343 e. The first-order chi connectivity index (χ1) is 15.2. The third-order valence-electron chi connectivity index (χ3n) is 4.20. The van der Waals surface area contributed by atoms with Crippen LogP contribution in [-0.4, -0.2) is 31.8 Å². The molecule has 0 saturated heterocycles. The molecular weight excluding hydrogens is 396 g/mol. The monoisotopic (exact) mass is 420 g/mol. The molecule has 3 rings (SSSR count). The van der Waals surface area contributed by atoms with E-state index in [1.54, 1.807) is 48.5 Å². The lowest BCUT2D eigenvalue weighted by atomic mass is 10.2. The Balaban J connectivity index is 1.56. The van der Waals surface area contributed by atoms with Gasteiger partial charge >= 0.3 is 11.9 Å². The first kappa shape index (κ1) is 21.9. The summed E-state index contributed by atoms with van der Waals surface area (Å²) >= 11 is 0. The van der Waals surface area contributed by atoms with E-state index in [0.717, 1.165) is 6.42 Å². The minimum absolute atomic E-state index is 0.0647. The van der Waals surface area contributed by atoms with Gasteiger partial charge < -0.3 is 18.9 Å². The second kappa shape index (κ2) is 11.4. The molecule has 0 aromatic heterocycles. The zero-order valence-electron chi connectivity index (χ0n) is 17.3. The normalized spacial score (nSPS) is 10.2. The Morgan fingerprint density at radius 2 is 1.32 bits per heavy atom. The van der Waals surface area contributed by atoms with Gasteiger partial charge in [0.15, 0.2) is 0 Å². The topological polar surface area (TPSA) is 71.1 Å². The van der Waals surface area contributed by atoms with Crippen LogP contribution >= 0.6 is 0 Å². The molecular formula is C25H24O6. The minimum atomic E-state index is -0.594. The number of carbonyl (C=O) groups excluding carboxylic acids is 2. The summed E-state index contributed by atoms with van der Waals surface area (Å²) < 4.78 is 21.7. The maximum absolute atomic E-state index is 12.5. The summed E-state index contributed by atoms with van der Waals surface area (Å²) in [6, 6.07) is 22.3. The van der Waals surface area contributed by atoms with Gasteiger partial charge in [0.2, 0.25) is 0 Å². The van der Waals surface area contributed by atoms with Gasteiger partial charge in [0, 0.05) is 0 Å². The Bertz CT molecular complexity index is 982. The SMILES string of the molecule is CCCOc1ccc(C(=O)Oc2ccccc2C(=O)OCCOc2ccccc2)cc1. The lowest BCUT2D eigenvalue weighted by molar-refractivity contribution is 0.0445. The van der Waals surface area contributed by atoms with Crippen LogP contribution in [0.1, 0.15) is 34.1 Å². The van der Waals surface area contributed by atoms with Crippen LogP contribution in [0.4, 0.5) is 0 Å². The summed E-state index contributed by atoms with van der Waals surface area (Å²) in [7, 11) is 0. The van der Waals surface area contributed by atoms with Crippen LogP contribution < -0.4 is 14.2 Å². The second-order valence-corrected chi connectivity index (χ2v) is 6.56. The number of ether oxygens (including phenoxy) is 4. The van der Waals surface area contributed by atoms with E-state index < -0.39 is 11.9 Å². The molecule has 0 bridgehead atoms. The van der Waals surface area contributed by atoms with Crippen molar-refractivity contribution in [3.63, 3.8) is 0 Å². The van der Waals surface area contributed by atoms with Crippen molar-refractivity contribution in [2.45, 2.75) is 13.3 Å². The van der Waals surface area contributed by atoms with Crippen molar-refractivity contribution in [2.24, 2.45) is 0 Å². The first-order valence-corrected chi connectivity index (χ1v) is 10.1. The number of rotatable bonds is 10. The lowest BCUT2D eigenvalue weighted by Crippen LogP contribution is -2.15. The van der Waals surface area contributed by atoms with Crippen molar-refractivity contribution in [3.8, 4) is 17.2 Å². The summed E-state index contributed by atoms with van der Waals surface area (Å²) in [5.74, 6) is 0.338. The molecule has 0 amide bonds. The second-order valence-electron chi connectivity index (χ2n) is 6.56. The summed E-state index contributed by atoms with van der Waals surface area (Å²) in [5.41, 5.74) is 0.516. The van der Waals surface area contributed by atoms with Gasteiger partial charge in [-0.1, -0.05) is 37.3 Å². The zero-order chi connectivity index (χ0) is 21.9. The maximum atomic E-state index is 12.5. The van der Waals surface area contributed by atoms with Crippen LogP contribution in [0.15, 0.2) is 78.9 Å². The van der Waals surface area contributed by atoms with E-state index in [4.69, 9.17) is 18.9 Å². The van der Waals surface area contributed by atoms with Crippen molar-refractivity contribution in [1.29, 1.82) is 0 Å². The van der Waals surface area contributed by atoms with Crippen molar-refractivity contribution < 1.29 is 28.5 Å². The number of hydrogen-bond donors (Lipinski definition) is 0. The fraction of sp³-hybridized carbons (Fsp3) is 0.200. The van der Waals surface area contributed by atoms with E-state index in [1.165, 1.54) is 0 Å². The average molecular weight is 420 g/mol. The molecule has 0 heterocycles. The van der Waals surface area contributed by atoms with Gasteiger partial charge in [-0.25, -0.2) is 9.59 Å². The number of para-hydroxylation sites is 2. The van der Waals surface area contributed by atoms with Gasteiger partial charge in [-0.3, -0.25) is 0 Å². The Hall–Kier alpha value is -3.80. The van der Waals surface area contributed by atoms with E-state index in [9.17, 15) is 9.59 Å². The number of carbonyl (C=O) groups is 2. The molecule has 0 atom stereocenters. The van der Waals surface area contributed by atoms with Crippen molar-refractivity contribution in [1.82, 2.24) is 0 Å². The predicted octanol–water partition coefficient (Wildman–Crippen LogP) is 4.93. The Morgan fingerprint density at radius 3 is 2.06 bits per heavy atom. The molecule has 0 N–H and O–H groups in total. The largest absolute Gasteiger partial charge is 0.494 e. The van der Waals surface area contributed by atoms with Crippen LogP contribution in [0, 0.1) is 0 Å². The van der Waals surface area contributed by atoms with Gasteiger partial charge in [0.25, 0.3) is 0 Å². The number of hydrogen-bond acceptors (Lipinski definition) is 6. The highest BCUT2D eigenvalue weighted by atomic mass is 16.6. The van der Waals surface area contributed by atoms with Gasteiger partial charge in [-0.15, -0.1) is 0 Å². The third kappa shape index (κ3) is 6.60. The average Bonchev–Trinajstić information content (AvgIpc) is 2.81. The van der Waals surface area contributed by atoms with E-state index in [2.05, 4.69) is 0 Å². The molecule has 0 spiro atoms. The van der Waals surface area contributed by atoms with Gasteiger partial charge in [-0.2, -0.15) is 0 Å². The molecule has 160 valence electrons. The number of benzene rings is 3. The van der Waals surface area contributed by atoms with Crippen molar-refractivity contribution >= 4 is 11.9 Å². The van der Waals surface area contributed by atoms with Crippen LogP contribution in [-0.2, 0) is 4.74 Å². The molecule has 0 unspecified atom stereocenters. The third-order valence-corrected chi connectivity index (χ3v) is 4.20. The highest BCUT2D eigenvalue weighted by molar-refractivity contribution is 5.96. The van der Waals surface area contributed by atoms with E-state index in [-0.39, 0.29) is 24.5 Å². The molecule has 0 saturated carbocycles. The van der Waals surface area contributed by atoms with Gasteiger partial charge in [0.1, 0.15) is 36.0 Å². The van der Waals surface area contributed by atoms with Crippen molar-refractivity contribution in [2.75, 3.05) is 19.8 Å². The van der Waals surface area contributed by atoms with Crippen LogP contribution in [0.2, 0.25) is 0 Å². The van der Waals surface area contributed by atoms with Crippen molar-refractivity contribution in [3.05, 3.63) is 90.0 Å². The summed E-state index contributed by atoms with van der Waals surface area (Å²) in [4.78, 5) is 25.0. The fourth-order valence-electron chi connectivity index (χ4n) is 2.68. The molecule has 31 heavy (non-hydrogen) atoms. The molecule has 0 fully saturated rings. The van der Waals surface area contributed by atoms with E-state index >= 15 is 0 Å². The molecule has 0 radical (unpaired) electrons. The van der Waals surface area contributed by atoms with Crippen LogP contribution in [0.5, 0.6) is 17.2 Å². The van der Waals surface area contributed by atoms with Crippen LogP contribution in [0.25, 0.3) is 0 Å². The van der Waals surface area contributed by atoms with E-state index in [0.29, 0.717) is 23.7 Å². The molecule has 3 aromatic rings. The Labute approximate surface area is 181 Å². The van der Waals surface area contributed by atoms with Gasteiger partial charge in [-0.05, 0) is 55.0 Å². The minimum Gasteiger partial charge on any atom is -0.494 e. The molecule has 0 aliphatic carbocycles. The molecule has 3 aromatic carbocycles. The van der Waals surface area contributed by atoms with Crippen LogP contribution in [0.3, 0.4) is 0 Å². The Morgan fingerprint density at radius 1 is 0.677 bits per heavy atom. The quantitative estimate of drug-likeness (QED) is 0.263. The summed E-state index contributed by atoms with van der Waals surface area (Å²) in [5, 5.41) is 0. The highest BCUT2D eigenvalue weighted by Crippen LogP contribution is 2.21. The fourth-order valence-corrected chi connectivity index (χ4v) is 2.68. The van der Waals surface area contributed by atoms with E-state index in [1.807, 2.05) is 37.3 Å². The summed E-state index contributed by atoms with van der Waals surface area (Å²) in [6.45, 7) is 2.90. The predicted molar refractivity (Wildman–Crippen MR) is 116 cm³/mol. The number of esters is 2. The molecule has 6 nitrogen and oxygen atoms in total. The summed E-state index contributed by atoms with van der Waals surface area (Å²) in [6.07, 6.45) is 0.898. The zero-order valence-corrected chi connectivity index (χ0v) is 17.3. The molecule has 0 aliphatic rings. The standard InChI is InChI=1S/C25H24O6/c1-2-16-28-21-14-12-19(13-15-21)24(26)31-23-11-7-6-10-22(23)25(27)30-18-17-29-20-8-4-3-5-9-20/h3-15H,2,16-18H2,1H3.